The number of carbonyl (C=O) groups excluding carboxylic acids is 1. The van der Waals surface area contributed by atoms with Gasteiger partial charge in [0.05, 0.1) is 24.2 Å². The first-order valence-corrected chi connectivity index (χ1v) is 11.5. The average molecular weight is 432 g/mol. The average Bonchev–Trinajstić information content (AvgIpc) is 2.74. The Hall–Kier alpha value is -2.42. The van der Waals surface area contributed by atoms with Crippen LogP contribution in [0.4, 0.5) is 5.69 Å². The summed E-state index contributed by atoms with van der Waals surface area (Å²) in [6.45, 7) is 6.08. The third-order valence-electron chi connectivity index (χ3n) is 5.26. The summed E-state index contributed by atoms with van der Waals surface area (Å²) in [6.07, 6.45) is 0. The summed E-state index contributed by atoms with van der Waals surface area (Å²) >= 11 is 0. The Balaban J connectivity index is 1.55. The number of rotatable bonds is 7. The molecule has 0 bridgehead atoms. The van der Waals surface area contributed by atoms with Crippen LogP contribution in [0, 0.1) is 0 Å². The van der Waals surface area contributed by atoms with Crippen LogP contribution in [0.3, 0.4) is 0 Å². The number of nitrogens with zero attached hydrogens (tertiary/aromatic N) is 2. The summed E-state index contributed by atoms with van der Waals surface area (Å²) in [5.74, 6) is 0.803. The highest BCUT2D eigenvalue weighted by Gasteiger charge is 2.29. The SMILES string of the molecule is COc1ccccc1NC(=O)CN1CCN(S(=O)(=O)c2ccc(C(C)C)cc2)CC1. The largest absolute Gasteiger partial charge is 0.495 e. The van der Waals surface area contributed by atoms with Gasteiger partial charge in [-0.15, -0.1) is 0 Å². The van der Waals surface area contributed by atoms with Crippen LogP contribution in [0.1, 0.15) is 25.3 Å². The van der Waals surface area contributed by atoms with Gasteiger partial charge >= 0.3 is 0 Å². The first kappa shape index (κ1) is 22.3. The number of amides is 1. The first-order valence-electron chi connectivity index (χ1n) is 10.1. The Kier molecular flexibility index (Phi) is 7.12. The van der Waals surface area contributed by atoms with Crippen molar-refractivity contribution >= 4 is 21.6 Å². The summed E-state index contributed by atoms with van der Waals surface area (Å²) in [5.41, 5.74) is 1.73. The van der Waals surface area contributed by atoms with Gasteiger partial charge in [-0.25, -0.2) is 8.42 Å². The summed E-state index contributed by atoms with van der Waals surface area (Å²) < 4.78 is 32.6. The second kappa shape index (κ2) is 9.59. The molecule has 1 fully saturated rings. The molecule has 8 heteroatoms. The normalized spacial score (nSPS) is 15.9. The van der Waals surface area contributed by atoms with E-state index in [1.54, 1.807) is 31.4 Å². The summed E-state index contributed by atoms with van der Waals surface area (Å²) in [6, 6.07) is 14.3. The number of anilines is 1. The monoisotopic (exact) mass is 431 g/mol. The number of nitrogens with one attached hydrogen (secondary N) is 1. The molecule has 1 amide bonds. The standard InChI is InChI=1S/C22H29N3O4S/c1-17(2)18-8-10-19(11-9-18)30(27,28)25-14-12-24(13-15-25)16-22(26)23-20-6-4-5-7-21(20)29-3/h4-11,17H,12-16H2,1-3H3,(H,23,26). The molecule has 7 nitrogen and oxygen atoms in total. The molecule has 0 saturated carbocycles. The molecule has 3 rings (SSSR count). The fourth-order valence-corrected chi connectivity index (χ4v) is 4.86. The highest BCUT2D eigenvalue weighted by molar-refractivity contribution is 7.89. The molecule has 0 atom stereocenters. The molecule has 1 heterocycles. The highest BCUT2D eigenvalue weighted by Crippen LogP contribution is 2.23. The number of carbonyl (C=O) groups is 1. The van der Waals surface area contributed by atoms with Crippen molar-refractivity contribution in [1.29, 1.82) is 0 Å². The van der Waals surface area contributed by atoms with E-state index in [0.29, 0.717) is 48.4 Å². The quantitative estimate of drug-likeness (QED) is 0.729. The zero-order chi connectivity index (χ0) is 21.7. The van der Waals surface area contributed by atoms with E-state index in [-0.39, 0.29) is 12.5 Å². The molecule has 1 N–H and O–H groups in total. The van der Waals surface area contributed by atoms with Gasteiger partial charge in [-0.3, -0.25) is 9.69 Å². The maximum Gasteiger partial charge on any atom is 0.243 e. The smallest absolute Gasteiger partial charge is 0.243 e. The van der Waals surface area contributed by atoms with Gasteiger partial charge in [-0.05, 0) is 35.7 Å². The number of para-hydroxylation sites is 2. The molecular formula is C22H29N3O4S. The molecule has 30 heavy (non-hydrogen) atoms. The lowest BCUT2D eigenvalue weighted by atomic mass is 10.0. The van der Waals surface area contributed by atoms with E-state index in [9.17, 15) is 13.2 Å². The van der Waals surface area contributed by atoms with Gasteiger partial charge in [-0.1, -0.05) is 38.1 Å². The van der Waals surface area contributed by atoms with E-state index in [1.807, 2.05) is 29.2 Å². The zero-order valence-electron chi connectivity index (χ0n) is 17.7. The van der Waals surface area contributed by atoms with Crippen molar-refractivity contribution in [3.8, 4) is 5.75 Å². The molecule has 1 saturated heterocycles. The van der Waals surface area contributed by atoms with Gasteiger partial charge in [0.2, 0.25) is 15.9 Å². The Bertz CT molecular complexity index is 966. The van der Waals surface area contributed by atoms with Crippen LogP contribution in [0.25, 0.3) is 0 Å². The van der Waals surface area contributed by atoms with Crippen molar-refractivity contribution in [2.75, 3.05) is 45.2 Å². The third kappa shape index (κ3) is 5.19. The van der Waals surface area contributed by atoms with Gasteiger partial charge in [-0.2, -0.15) is 4.31 Å². The van der Waals surface area contributed by atoms with E-state index in [1.165, 1.54) is 4.31 Å². The van der Waals surface area contributed by atoms with Crippen molar-refractivity contribution in [2.45, 2.75) is 24.7 Å². The van der Waals surface area contributed by atoms with Crippen molar-refractivity contribution < 1.29 is 17.9 Å². The van der Waals surface area contributed by atoms with Crippen molar-refractivity contribution in [1.82, 2.24) is 9.21 Å². The third-order valence-corrected chi connectivity index (χ3v) is 7.18. The van der Waals surface area contributed by atoms with Crippen LogP contribution in [-0.2, 0) is 14.8 Å². The van der Waals surface area contributed by atoms with Crippen LogP contribution in [0.2, 0.25) is 0 Å². The summed E-state index contributed by atoms with van der Waals surface area (Å²) in [5, 5.41) is 2.85. The van der Waals surface area contributed by atoms with E-state index in [0.717, 1.165) is 5.56 Å². The molecule has 0 aliphatic carbocycles. The maximum absolute atomic E-state index is 12.9. The van der Waals surface area contributed by atoms with Gasteiger partial charge in [0, 0.05) is 26.2 Å². The Morgan fingerprint density at radius 1 is 1.03 bits per heavy atom. The predicted octanol–water partition coefficient (Wildman–Crippen LogP) is 2.76. The lowest BCUT2D eigenvalue weighted by Gasteiger charge is -2.33. The molecule has 1 aliphatic heterocycles. The molecule has 0 aromatic heterocycles. The fraction of sp³-hybridized carbons (Fsp3) is 0.409. The lowest BCUT2D eigenvalue weighted by Crippen LogP contribution is -2.50. The summed E-state index contributed by atoms with van der Waals surface area (Å²) in [4.78, 5) is 14.7. The molecular weight excluding hydrogens is 402 g/mol. The molecule has 2 aromatic rings. The van der Waals surface area contributed by atoms with Crippen molar-refractivity contribution in [3.05, 3.63) is 54.1 Å². The molecule has 0 unspecified atom stereocenters. The minimum atomic E-state index is -3.52. The zero-order valence-corrected chi connectivity index (χ0v) is 18.5. The van der Waals surface area contributed by atoms with Crippen molar-refractivity contribution in [2.24, 2.45) is 0 Å². The molecule has 0 spiro atoms. The van der Waals surface area contributed by atoms with Crippen LogP contribution in [0.15, 0.2) is 53.4 Å². The van der Waals surface area contributed by atoms with Gasteiger partial charge in [0.15, 0.2) is 0 Å². The molecule has 2 aromatic carbocycles. The van der Waals surface area contributed by atoms with Crippen molar-refractivity contribution in [3.63, 3.8) is 0 Å². The first-order chi connectivity index (χ1) is 14.3. The lowest BCUT2D eigenvalue weighted by molar-refractivity contribution is -0.117. The van der Waals surface area contributed by atoms with E-state index < -0.39 is 10.0 Å². The predicted molar refractivity (Wildman–Crippen MR) is 117 cm³/mol. The topological polar surface area (TPSA) is 79.0 Å². The molecule has 0 radical (unpaired) electrons. The number of hydrogen-bond donors (Lipinski definition) is 1. The van der Waals surface area contributed by atoms with E-state index >= 15 is 0 Å². The number of sulfonamides is 1. The van der Waals surface area contributed by atoms with Crippen LogP contribution < -0.4 is 10.1 Å². The maximum atomic E-state index is 12.9. The van der Waals surface area contributed by atoms with Crippen LogP contribution >= 0.6 is 0 Å². The Morgan fingerprint density at radius 3 is 2.27 bits per heavy atom. The van der Waals surface area contributed by atoms with Gasteiger partial charge < -0.3 is 10.1 Å². The van der Waals surface area contributed by atoms with E-state index in [2.05, 4.69) is 19.2 Å². The van der Waals surface area contributed by atoms with Crippen LogP contribution in [0.5, 0.6) is 5.75 Å². The van der Waals surface area contributed by atoms with Gasteiger partial charge in [0.25, 0.3) is 0 Å². The van der Waals surface area contributed by atoms with E-state index in [4.69, 9.17) is 4.74 Å². The molecule has 1 aliphatic rings. The second-order valence-electron chi connectivity index (χ2n) is 7.65. The summed E-state index contributed by atoms with van der Waals surface area (Å²) in [7, 11) is -1.97. The Labute approximate surface area is 178 Å². The number of hydrogen-bond acceptors (Lipinski definition) is 5. The van der Waals surface area contributed by atoms with Crippen LogP contribution in [-0.4, -0.2) is 63.4 Å². The van der Waals surface area contributed by atoms with Gasteiger partial charge in [0.1, 0.15) is 5.75 Å². The number of piperazine rings is 1. The Morgan fingerprint density at radius 2 is 1.67 bits per heavy atom. The highest BCUT2D eigenvalue weighted by atomic mass is 32.2. The molecule has 162 valence electrons. The minimum absolute atomic E-state index is 0.153. The number of ether oxygens (including phenoxy) is 1. The number of methoxy groups -OCH3 is 1. The fourth-order valence-electron chi connectivity index (χ4n) is 3.44. The number of benzene rings is 2. The minimum Gasteiger partial charge on any atom is -0.495 e. The second-order valence-corrected chi connectivity index (χ2v) is 9.59.